The smallest absolute Gasteiger partial charge is 0.107 e. The van der Waals surface area contributed by atoms with Gasteiger partial charge in [-0.1, -0.05) is 46.0 Å². The van der Waals surface area contributed by atoms with Gasteiger partial charge in [-0.2, -0.15) is 0 Å². The maximum absolute atomic E-state index is 8.07. The summed E-state index contributed by atoms with van der Waals surface area (Å²) in [5.41, 5.74) is 0. The van der Waals surface area contributed by atoms with Crippen LogP contribution in [0.5, 0.6) is 0 Å². The minimum absolute atomic E-state index is 0.151. The van der Waals surface area contributed by atoms with Gasteiger partial charge in [-0.05, 0) is 12.8 Å². The molecule has 0 aliphatic heterocycles. The number of halogens is 2. The highest BCUT2D eigenvalue weighted by Crippen LogP contribution is 2.12. The van der Waals surface area contributed by atoms with E-state index in [0.717, 1.165) is 19.3 Å². The Bertz CT molecular complexity index is 85.4. The molecule has 0 saturated carbocycles. The SMILES string of the molecule is CCCCCCC(Cl)Cl.CCCCO. The monoisotopic (exact) mass is 242 g/mol. The summed E-state index contributed by atoms with van der Waals surface area (Å²) in [5.74, 6) is 0. The van der Waals surface area contributed by atoms with Gasteiger partial charge in [0.2, 0.25) is 0 Å². The molecule has 0 fully saturated rings. The van der Waals surface area contributed by atoms with Crippen molar-refractivity contribution in [2.75, 3.05) is 6.61 Å². The van der Waals surface area contributed by atoms with Crippen molar-refractivity contribution in [3.8, 4) is 0 Å². The molecule has 0 aromatic heterocycles. The zero-order chi connectivity index (χ0) is 11.2. The van der Waals surface area contributed by atoms with Gasteiger partial charge >= 0.3 is 0 Å². The number of aliphatic hydroxyl groups is 1. The van der Waals surface area contributed by atoms with E-state index in [0.29, 0.717) is 6.61 Å². The average molecular weight is 243 g/mol. The summed E-state index contributed by atoms with van der Waals surface area (Å²) in [4.78, 5) is -0.151. The Kier molecular flexibility index (Phi) is 19.4. The number of alkyl halides is 2. The van der Waals surface area contributed by atoms with Crippen LogP contribution >= 0.6 is 23.2 Å². The first-order valence-corrected chi connectivity index (χ1v) is 6.45. The summed E-state index contributed by atoms with van der Waals surface area (Å²) in [6, 6.07) is 0. The maximum atomic E-state index is 8.07. The fourth-order valence-electron chi connectivity index (χ4n) is 0.884. The van der Waals surface area contributed by atoms with Crippen LogP contribution in [0.1, 0.15) is 58.8 Å². The van der Waals surface area contributed by atoms with Gasteiger partial charge < -0.3 is 5.11 Å². The molecule has 1 nitrogen and oxygen atoms in total. The first-order chi connectivity index (χ1) is 6.68. The molecule has 0 bridgehead atoms. The third-order valence-electron chi connectivity index (χ3n) is 1.79. The molecular weight excluding hydrogens is 219 g/mol. The van der Waals surface area contributed by atoms with Crippen molar-refractivity contribution in [3.05, 3.63) is 0 Å². The first-order valence-electron chi connectivity index (χ1n) is 5.58. The van der Waals surface area contributed by atoms with E-state index in [1.165, 1.54) is 25.7 Å². The van der Waals surface area contributed by atoms with Crippen LogP contribution in [-0.2, 0) is 0 Å². The molecule has 0 aromatic rings. The van der Waals surface area contributed by atoms with E-state index < -0.39 is 0 Å². The lowest BCUT2D eigenvalue weighted by Gasteiger charge is -1.98. The van der Waals surface area contributed by atoms with Crippen molar-refractivity contribution >= 4 is 23.2 Å². The van der Waals surface area contributed by atoms with Gasteiger partial charge in [-0.25, -0.2) is 0 Å². The van der Waals surface area contributed by atoms with Crippen LogP contribution in [0.15, 0.2) is 0 Å². The first kappa shape index (κ1) is 17.0. The molecule has 0 aliphatic carbocycles. The lowest BCUT2D eigenvalue weighted by atomic mass is 10.2. The van der Waals surface area contributed by atoms with E-state index in [-0.39, 0.29) is 4.84 Å². The Morgan fingerprint density at radius 1 is 0.929 bits per heavy atom. The summed E-state index contributed by atoms with van der Waals surface area (Å²) in [6.07, 6.45) is 8.01. The Balaban J connectivity index is 0. The van der Waals surface area contributed by atoms with E-state index in [1.807, 2.05) is 0 Å². The van der Waals surface area contributed by atoms with Crippen LogP contribution in [0.2, 0.25) is 0 Å². The fraction of sp³-hybridized carbons (Fsp3) is 1.00. The molecule has 0 saturated heterocycles. The van der Waals surface area contributed by atoms with Crippen LogP contribution < -0.4 is 0 Å². The van der Waals surface area contributed by atoms with Crippen LogP contribution in [-0.4, -0.2) is 16.5 Å². The van der Waals surface area contributed by atoms with Crippen molar-refractivity contribution in [2.45, 2.75) is 63.6 Å². The molecule has 0 aromatic carbocycles. The Morgan fingerprint density at radius 3 is 1.79 bits per heavy atom. The Hall–Kier alpha value is 0.540. The zero-order valence-electron chi connectivity index (χ0n) is 9.44. The van der Waals surface area contributed by atoms with Gasteiger partial charge in [-0.15, -0.1) is 23.2 Å². The molecule has 0 atom stereocenters. The third-order valence-corrected chi connectivity index (χ3v) is 2.22. The Morgan fingerprint density at radius 2 is 1.50 bits per heavy atom. The summed E-state index contributed by atoms with van der Waals surface area (Å²) in [5, 5.41) is 8.07. The lowest BCUT2D eigenvalue weighted by Crippen LogP contribution is -1.85. The van der Waals surface area contributed by atoms with Gasteiger partial charge in [0.25, 0.3) is 0 Å². The normalized spacial score (nSPS) is 9.86. The molecule has 0 unspecified atom stereocenters. The van der Waals surface area contributed by atoms with Gasteiger partial charge in [-0.3, -0.25) is 0 Å². The number of hydrogen-bond acceptors (Lipinski definition) is 1. The molecule has 3 heteroatoms. The highest BCUT2D eigenvalue weighted by molar-refractivity contribution is 6.44. The zero-order valence-corrected chi connectivity index (χ0v) is 10.9. The highest BCUT2D eigenvalue weighted by Gasteiger charge is 1.96. The van der Waals surface area contributed by atoms with Crippen molar-refractivity contribution in [1.82, 2.24) is 0 Å². The minimum Gasteiger partial charge on any atom is -0.396 e. The molecule has 0 amide bonds. The maximum Gasteiger partial charge on any atom is 0.107 e. The largest absolute Gasteiger partial charge is 0.396 e. The molecule has 14 heavy (non-hydrogen) atoms. The van der Waals surface area contributed by atoms with Crippen LogP contribution in [0.3, 0.4) is 0 Å². The second-order valence-electron chi connectivity index (χ2n) is 3.32. The number of rotatable bonds is 7. The quantitative estimate of drug-likeness (QED) is 0.514. The van der Waals surface area contributed by atoms with Crippen molar-refractivity contribution in [3.63, 3.8) is 0 Å². The summed E-state index contributed by atoms with van der Waals surface area (Å²) in [6.45, 7) is 4.59. The topological polar surface area (TPSA) is 20.2 Å². The standard InChI is InChI=1S/C7H14Cl2.C4H10O/c1-2-3-4-5-6-7(8)9;1-2-3-4-5/h7H,2-6H2,1H3;5H,2-4H2,1H3. The van der Waals surface area contributed by atoms with Crippen molar-refractivity contribution in [2.24, 2.45) is 0 Å². The second-order valence-corrected chi connectivity index (χ2v) is 4.59. The molecule has 1 N–H and O–H groups in total. The van der Waals surface area contributed by atoms with E-state index in [1.54, 1.807) is 0 Å². The Labute approximate surface area is 98.8 Å². The number of aliphatic hydroxyl groups excluding tert-OH is 1. The molecule has 0 rings (SSSR count). The second kappa shape index (κ2) is 16.0. The summed E-state index contributed by atoms with van der Waals surface area (Å²) in [7, 11) is 0. The summed E-state index contributed by atoms with van der Waals surface area (Å²) >= 11 is 11.0. The van der Waals surface area contributed by atoms with Gasteiger partial charge in [0, 0.05) is 6.61 Å². The minimum atomic E-state index is -0.151. The number of hydrogen-bond donors (Lipinski definition) is 1. The van der Waals surface area contributed by atoms with Gasteiger partial charge in [0.15, 0.2) is 0 Å². The van der Waals surface area contributed by atoms with Gasteiger partial charge in [0.1, 0.15) is 4.84 Å². The number of unbranched alkanes of at least 4 members (excludes halogenated alkanes) is 4. The van der Waals surface area contributed by atoms with Crippen LogP contribution in [0, 0.1) is 0 Å². The molecule has 0 aliphatic rings. The highest BCUT2D eigenvalue weighted by atomic mass is 35.5. The molecule has 0 spiro atoms. The predicted octanol–water partition coefficient (Wildman–Crippen LogP) is 4.54. The van der Waals surface area contributed by atoms with Crippen molar-refractivity contribution in [1.29, 1.82) is 0 Å². The van der Waals surface area contributed by atoms with E-state index in [9.17, 15) is 0 Å². The van der Waals surface area contributed by atoms with E-state index in [2.05, 4.69) is 13.8 Å². The van der Waals surface area contributed by atoms with Crippen LogP contribution in [0.4, 0.5) is 0 Å². The van der Waals surface area contributed by atoms with Crippen LogP contribution in [0.25, 0.3) is 0 Å². The predicted molar refractivity (Wildman–Crippen MR) is 66.2 cm³/mol. The lowest BCUT2D eigenvalue weighted by molar-refractivity contribution is 0.287. The van der Waals surface area contributed by atoms with Gasteiger partial charge in [0.05, 0.1) is 0 Å². The third kappa shape index (κ3) is 22.9. The van der Waals surface area contributed by atoms with E-state index >= 15 is 0 Å². The molecular formula is C11H24Cl2O. The average Bonchev–Trinajstić information content (AvgIpc) is 2.15. The molecule has 0 heterocycles. The molecule has 88 valence electrons. The fourth-order valence-corrected chi connectivity index (χ4v) is 1.19. The molecule has 0 radical (unpaired) electrons. The van der Waals surface area contributed by atoms with E-state index in [4.69, 9.17) is 28.3 Å². The summed E-state index contributed by atoms with van der Waals surface area (Å²) < 4.78 is 0. The van der Waals surface area contributed by atoms with Crippen molar-refractivity contribution < 1.29 is 5.11 Å².